The van der Waals surface area contributed by atoms with E-state index in [1.54, 1.807) is 17.5 Å². The number of carbonyl (C=O) groups excluding carboxylic acids is 1. The molecule has 0 N–H and O–H groups in total. The van der Waals surface area contributed by atoms with E-state index in [1.165, 1.54) is 10.4 Å². The van der Waals surface area contributed by atoms with Crippen molar-refractivity contribution in [2.75, 3.05) is 20.2 Å². The highest BCUT2D eigenvalue weighted by atomic mass is 32.1. The summed E-state index contributed by atoms with van der Waals surface area (Å²) < 4.78 is 14.1. The number of benzene rings is 1. The van der Waals surface area contributed by atoms with E-state index in [9.17, 15) is 4.79 Å². The lowest BCUT2D eigenvalue weighted by Gasteiger charge is -2.35. The highest BCUT2D eigenvalue weighted by Crippen LogP contribution is 2.23. The van der Waals surface area contributed by atoms with Crippen LogP contribution in [-0.4, -0.2) is 50.7 Å². The van der Waals surface area contributed by atoms with Crippen LogP contribution in [0.1, 0.15) is 46.6 Å². The third-order valence-electron chi connectivity index (χ3n) is 5.57. The minimum absolute atomic E-state index is 0.00512. The second-order valence-corrected chi connectivity index (χ2v) is 9.56. The van der Waals surface area contributed by atoms with Gasteiger partial charge >= 0.3 is 0 Å². The lowest BCUT2D eigenvalue weighted by atomic mass is 9.99. The number of piperidine rings is 1. The van der Waals surface area contributed by atoms with E-state index in [4.69, 9.17) is 4.74 Å². The molecular formula is C23H28N4O2S2. The lowest BCUT2D eigenvalue weighted by molar-refractivity contribution is 0.0575. The smallest absolute Gasteiger partial charge is 0.275 e. The number of aromatic nitrogens is 2. The van der Waals surface area contributed by atoms with Crippen molar-refractivity contribution in [3.63, 3.8) is 0 Å². The van der Waals surface area contributed by atoms with Gasteiger partial charge in [-0.05, 0) is 55.5 Å². The van der Waals surface area contributed by atoms with Gasteiger partial charge in [-0.25, -0.2) is 0 Å². The van der Waals surface area contributed by atoms with Crippen LogP contribution in [0.3, 0.4) is 0 Å². The van der Waals surface area contributed by atoms with Gasteiger partial charge in [0.25, 0.3) is 5.91 Å². The molecule has 1 aromatic carbocycles. The van der Waals surface area contributed by atoms with Crippen LogP contribution in [0, 0.1) is 0 Å². The summed E-state index contributed by atoms with van der Waals surface area (Å²) in [6.07, 6.45) is 5.60. The van der Waals surface area contributed by atoms with Crippen molar-refractivity contribution in [2.45, 2.75) is 44.8 Å². The predicted octanol–water partition coefficient (Wildman–Crippen LogP) is 4.70. The first-order valence-corrected chi connectivity index (χ1v) is 12.3. The summed E-state index contributed by atoms with van der Waals surface area (Å²) >= 11 is 2.87. The molecule has 0 spiro atoms. The molecule has 0 bridgehead atoms. The number of likely N-dealkylation sites (tertiary alicyclic amines) is 1. The minimum atomic E-state index is -0.00512. The van der Waals surface area contributed by atoms with Crippen LogP contribution in [0.5, 0.6) is 5.75 Å². The molecule has 4 rings (SSSR count). The second-order valence-electron chi connectivity index (χ2n) is 7.97. The van der Waals surface area contributed by atoms with Gasteiger partial charge in [0.1, 0.15) is 5.75 Å². The van der Waals surface area contributed by atoms with Crippen molar-refractivity contribution in [2.24, 2.45) is 0 Å². The molecule has 1 aliphatic rings. The van der Waals surface area contributed by atoms with E-state index in [-0.39, 0.29) is 11.9 Å². The fraction of sp³-hybridized carbons (Fsp3) is 0.435. The van der Waals surface area contributed by atoms with Crippen molar-refractivity contribution in [3.8, 4) is 5.75 Å². The van der Waals surface area contributed by atoms with Gasteiger partial charge < -0.3 is 9.64 Å². The van der Waals surface area contributed by atoms with E-state index in [0.717, 1.165) is 62.8 Å². The highest BCUT2D eigenvalue weighted by molar-refractivity contribution is 7.09. The van der Waals surface area contributed by atoms with Gasteiger partial charge in [0.05, 0.1) is 24.5 Å². The Labute approximate surface area is 191 Å². The maximum Gasteiger partial charge on any atom is 0.275 e. The van der Waals surface area contributed by atoms with Crippen LogP contribution in [0.15, 0.2) is 48.0 Å². The molecule has 2 aromatic heterocycles. The van der Waals surface area contributed by atoms with E-state index < -0.39 is 0 Å². The fourth-order valence-electron chi connectivity index (χ4n) is 4.01. The van der Waals surface area contributed by atoms with Crippen LogP contribution >= 0.6 is 23.1 Å². The summed E-state index contributed by atoms with van der Waals surface area (Å²) in [4.78, 5) is 18.4. The molecule has 3 heterocycles. The van der Waals surface area contributed by atoms with Gasteiger partial charge in [-0.2, -0.15) is 8.75 Å². The van der Waals surface area contributed by atoms with Gasteiger partial charge in [-0.3, -0.25) is 9.69 Å². The maximum atomic E-state index is 12.7. The van der Waals surface area contributed by atoms with Crippen LogP contribution in [0.4, 0.5) is 0 Å². The molecule has 31 heavy (non-hydrogen) atoms. The third-order valence-corrected chi connectivity index (χ3v) is 6.91. The first-order chi connectivity index (χ1) is 15.2. The Hall–Kier alpha value is -2.29. The zero-order valence-corrected chi connectivity index (χ0v) is 19.4. The normalized spacial score (nSPS) is 16.6. The van der Waals surface area contributed by atoms with Gasteiger partial charge in [0.15, 0.2) is 5.69 Å². The van der Waals surface area contributed by atoms with E-state index in [2.05, 4.69) is 50.3 Å². The molecule has 164 valence electrons. The first-order valence-electron chi connectivity index (χ1n) is 10.7. The SMILES string of the molecule is CN(Cc1ccc(OCCC2CCCCN2C(=O)c2cnsn2)cc1)Cc1cccs1. The number of carbonyl (C=O) groups is 1. The molecule has 1 aliphatic heterocycles. The molecule has 1 saturated heterocycles. The molecule has 1 fully saturated rings. The topological polar surface area (TPSA) is 58.6 Å². The summed E-state index contributed by atoms with van der Waals surface area (Å²) in [5.41, 5.74) is 1.73. The third kappa shape index (κ3) is 6.12. The fourth-order valence-corrected chi connectivity index (χ4v) is 5.21. The van der Waals surface area contributed by atoms with Crippen molar-refractivity contribution in [1.29, 1.82) is 0 Å². The van der Waals surface area contributed by atoms with Gasteiger partial charge in [-0.15, -0.1) is 11.3 Å². The van der Waals surface area contributed by atoms with E-state index >= 15 is 0 Å². The number of amides is 1. The number of rotatable bonds is 9. The molecule has 8 heteroatoms. The van der Waals surface area contributed by atoms with Crippen molar-refractivity contribution >= 4 is 29.0 Å². The zero-order valence-electron chi connectivity index (χ0n) is 17.8. The van der Waals surface area contributed by atoms with Crippen LogP contribution in [0.25, 0.3) is 0 Å². The van der Waals surface area contributed by atoms with E-state index in [1.807, 2.05) is 17.0 Å². The lowest BCUT2D eigenvalue weighted by Crippen LogP contribution is -2.44. The molecule has 1 amide bonds. The van der Waals surface area contributed by atoms with Crippen molar-refractivity contribution in [1.82, 2.24) is 18.5 Å². The average Bonchev–Trinajstić information content (AvgIpc) is 3.49. The van der Waals surface area contributed by atoms with Crippen LogP contribution in [-0.2, 0) is 13.1 Å². The number of thiophene rings is 1. The number of hydrogen-bond acceptors (Lipinski definition) is 7. The number of nitrogens with zero attached hydrogens (tertiary/aromatic N) is 4. The largest absolute Gasteiger partial charge is 0.494 e. The Morgan fingerprint density at radius 2 is 2.10 bits per heavy atom. The molecule has 6 nitrogen and oxygen atoms in total. The quantitative estimate of drug-likeness (QED) is 0.467. The van der Waals surface area contributed by atoms with Gasteiger partial charge in [0, 0.05) is 37.0 Å². The molecule has 0 radical (unpaired) electrons. The number of hydrogen-bond donors (Lipinski definition) is 0. The average molecular weight is 457 g/mol. The molecule has 1 unspecified atom stereocenters. The standard InChI is InChI=1S/C23H28N4O2S2/c1-26(17-21-6-4-14-30-21)16-18-7-9-20(10-8-18)29-13-11-19-5-2-3-12-27(19)23(28)22-15-24-31-25-22/h4,6-10,14-15,19H,2-3,5,11-13,16-17H2,1H3. The van der Waals surface area contributed by atoms with Gasteiger partial charge in [-0.1, -0.05) is 18.2 Å². The summed E-state index contributed by atoms with van der Waals surface area (Å²) in [5, 5.41) is 2.12. The monoisotopic (exact) mass is 456 g/mol. The molecule has 3 aromatic rings. The predicted molar refractivity (Wildman–Crippen MR) is 125 cm³/mol. The molecule has 0 saturated carbocycles. The van der Waals surface area contributed by atoms with Crippen LogP contribution < -0.4 is 4.74 Å². The summed E-state index contributed by atoms with van der Waals surface area (Å²) in [5.74, 6) is 0.872. The Morgan fingerprint density at radius 1 is 1.23 bits per heavy atom. The van der Waals surface area contributed by atoms with Crippen molar-refractivity contribution < 1.29 is 9.53 Å². The zero-order chi connectivity index (χ0) is 21.5. The summed E-state index contributed by atoms with van der Waals surface area (Å²) in [6.45, 7) is 3.25. The first kappa shape index (κ1) is 21.9. The Kier molecular flexibility index (Phi) is 7.66. The molecule has 0 aliphatic carbocycles. The number of ether oxygens (including phenoxy) is 1. The van der Waals surface area contributed by atoms with E-state index in [0.29, 0.717) is 12.3 Å². The summed E-state index contributed by atoms with van der Waals surface area (Å²) in [6, 6.07) is 12.8. The highest BCUT2D eigenvalue weighted by Gasteiger charge is 2.28. The molecular weight excluding hydrogens is 428 g/mol. The van der Waals surface area contributed by atoms with Crippen LogP contribution in [0.2, 0.25) is 0 Å². The minimum Gasteiger partial charge on any atom is -0.494 e. The molecule has 1 atom stereocenters. The maximum absolute atomic E-state index is 12.7. The Morgan fingerprint density at radius 3 is 2.84 bits per heavy atom. The Bertz CT molecular complexity index is 929. The summed E-state index contributed by atoms with van der Waals surface area (Å²) in [7, 11) is 2.14. The van der Waals surface area contributed by atoms with Crippen molar-refractivity contribution in [3.05, 3.63) is 64.1 Å². The Balaban J connectivity index is 1.24. The second kappa shape index (κ2) is 10.8. The van der Waals surface area contributed by atoms with Gasteiger partial charge in [0.2, 0.25) is 0 Å².